The summed E-state index contributed by atoms with van der Waals surface area (Å²) in [6.07, 6.45) is 1.11. The Labute approximate surface area is 102 Å². The lowest BCUT2D eigenvalue weighted by atomic mass is 10.4. The second-order valence-electron chi connectivity index (χ2n) is 3.33. The van der Waals surface area contributed by atoms with Crippen LogP contribution in [0.15, 0.2) is 0 Å². The number of aromatic nitrogens is 2. The highest BCUT2D eigenvalue weighted by atomic mass is 35.5. The van der Waals surface area contributed by atoms with Gasteiger partial charge in [0.1, 0.15) is 9.84 Å². The van der Waals surface area contributed by atoms with Gasteiger partial charge in [-0.15, -0.1) is 10.2 Å². The Kier molecular flexibility index (Phi) is 4.22. The largest absolute Gasteiger partial charge is 0.346 e. The molecule has 0 radical (unpaired) electrons. The van der Waals surface area contributed by atoms with Crippen molar-refractivity contribution in [2.75, 3.05) is 12.0 Å². The van der Waals surface area contributed by atoms with Gasteiger partial charge in [0, 0.05) is 12.3 Å². The van der Waals surface area contributed by atoms with Crippen LogP contribution in [-0.4, -0.2) is 42.6 Å². The Morgan fingerprint density at radius 1 is 1.56 bits per heavy atom. The molecule has 0 saturated heterocycles. The zero-order valence-corrected chi connectivity index (χ0v) is 11.0. The predicted molar refractivity (Wildman–Crippen MR) is 61.6 cm³/mol. The number of halogens is 1. The summed E-state index contributed by atoms with van der Waals surface area (Å²) >= 11 is 6.45. The van der Waals surface area contributed by atoms with Gasteiger partial charge in [0.25, 0.3) is 5.91 Å². The fourth-order valence-electron chi connectivity index (χ4n) is 1.08. The molecule has 0 aromatic carbocycles. The quantitative estimate of drug-likeness (QED) is 0.861. The van der Waals surface area contributed by atoms with Gasteiger partial charge in [0.15, 0.2) is 0 Å². The second kappa shape index (κ2) is 5.07. The monoisotopic (exact) mass is 283 g/mol. The Morgan fingerprint density at radius 3 is 2.62 bits per heavy atom. The number of rotatable bonds is 4. The molecule has 1 unspecified atom stereocenters. The maximum atomic E-state index is 11.5. The third kappa shape index (κ3) is 4.42. The van der Waals surface area contributed by atoms with Crippen molar-refractivity contribution < 1.29 is 13.2 Å². The standard InChI is InChI=1S/C7H10ClN3O3S2/c1-4(3-16(2,13)14)9-5(12)6-10-11-7(8)15-6/h4H,3H2,1-2H3,(H,9,12). The van der Waals surface area contributed by atoms with E-state index in [1.807, 2.05) is 0 Å². The number of hydrogen-bond donors (Lipinski definition) is 1. The van der Waals surface area contributed by atoms with Gasteiger partial charge < -0.3 is 5.32 Å². The molecule has 1 amide bonds. The molecule has 0 spiro atoms. The number of hydrogen-bond acceptors (Lipinski definition) is 6. The molecule has 1 aromatic rings. The Hall–Kier alpha value is -0.730. The van der Waals surface area contributed by atoms with Crippen LogP contribution >= 0.6 is 22.9 Å². The average Bonchev–Trinajstić information content (AvgIpc) is 2.47. The molecule has 0 bridgehead atoms. The van der Waals surface area contributed by atoms with Gasteiger partial charge in [-0.1, -0.05) is 11.3 Å². The number of nitrogens with zero attached hydrogens (tertiary/aromatic N) is 2. The first-order chi connectivity index (χ1) is 7.28. The molecule has 1 aromatic heterocycles. The highest BCUT2D eigenvalue weighted by Gasteiger charge is 2.17. The molecule has 0 aliphatic heterocycles. The molecule has 1 atom stereocenters. The summed E-state index contributed by atoms with van der Waals surface area (Å²) in [4.78, 5) is 11.5. The van der Waals surface area contributed by atoms with Crippen molar-refractivity contribution >= 4 is 38.7 Å². The normalized spacial score (nSPS) is 13.4. The topological polar surface area (TPSA) is 89.0 Å². The second-order valence-corrected chi connectivity index (χ2v) is 7.07. The van der Waals surface area contributed by atoms with Crippen molar-refractivity contribution in [3.63, 3.8) is 0 Å². The van der Waals surface area contributed by atoms with Gasteiger partial charge in [0.2, 0.25) is 9.47 Å². The van der Waals surface area contributed by atoms with Crippen molar-refractivity contribution in [2.24, 2.45) is 0 Å². The molecule has 9 heteroatoms. The molecule has 6 nitrogen and oxygen atoms in total. The molecule has 1 rings (SSSR count). The van der Waals surface area contributed by atoms with E-state index in [4.69, 9.17) is 11.6 Å². The number of nitrogens with one attached hydrogen (secondary N) is 1. The lowest BCUT2D eigenvalue weighted by Crippen LogP contribution is -2.37. The molecule has 0 aliphatic rings. The molecular formula is C7H10ClN3O3S2. The van der Waals surface area contributed by atoms with E-state index in [0.717, 1.165) is 17.6 Å². The van der Waals surface area contributed by atoms with E-state index in [1.165, 1.54) is 0 Å². The molecular weight excluding hydrogens is 274 g/mol. The van der Waals surface area contributed by atoms with E-state index in [0.29, 0.717) is 0 Å². The average molecular weight is 284 g/mol. The van der Waals surface area contributed by atoms with Crippen LogP contribution in [0.5, 0.6) is 0 Å². The van der Waals surface area contributed by atoms with Crippen molar-refractivity contribution in [3.8, 4) is 0 Å². The smallest absolute Gasteiger partial charge is 0.282 e. The minimum absolute atomic E-state index is 0.116. The molecule has 1 heterocycles. The fourth-order valence-corrected chi connectivity index (χ4v) is 2.80. The third-order valence-corrected chi connectivity index (χ3v) is 3.65. The summed E-state index contributed by atoms with van der Waals surface area (Å²) < 4.78 is 22.1. The maximum Gasteiger partial charge on any atom is 0.282 e. The molecule has 90 valence electrons. The Balaban J connectivity index is 2.58. The molecule has 0 aliphatic carbocycles. The SMILES string of the molecule is CC(CS(C)(=O)=O)NC(=O)c1nnc(Cl)s1. The van der Waals surface area contributed by atoms with Gasteiger partial charge in [-0.3, -0.25) is 4.79 Å². The van der Waals surface area contributed by atoms with Gasteiger partial charge in [-0.25, -0.2) is 8.42 Å². The number of carbonyl (C=O) groups is 1. The minimum Gasteiger partial charge on any atom is -0.346 e. The van der Waals surface area contributed by atoms with E-state index in [9.17, 15) is 13.2 Å². The third-order valence-electron chi connectivity index (χ3n) is 1.52. The minimum atomic E-state index is -3.12. The maximum absolute atomic E-state index is 11.5. The van der Waals surface area contributed by atoms with Crippen molar-refractivity contribution in [1.82, 2.24) is 15.5 Å². The van der Waals surface area contributed by atoms with Gasteiger partial charge in [0.05, 0.1) is 5.75 Å². The summed E-state index contributed by atoms with van der Waals surface area (Å²) in [6, 6.07) is -0.481. The summed E-state index contributed by atoms with van der Waals surface area (Å²) in [7, 11) is -3.12. The van der Waals surface area contributed by atoms with Gasteiger partial charge >= 0.3 is 0 Å². The summed E-state index contributed by atoms with van der Waals surface area (Å²) in [5, 5.41) is 9.63. The van der Waals surface area contributed by atoms with Crippen molar-refractivity contribution in [1.29, 1.82) is 0 Å². The van der Waals surface area contributed by atoms with Crippen LogP contribution < -0.4 is 5.32 Å². The van der Waals surface area contributed by atoms with Crippen LogP contribution in [0.2, 0.25) is 4.47 Å². The van der Waals surface area contributed by atoms with Crippen molar-refractivity contribution in [2.45, 2.75) is 13.0 Å². The van der Waals surface area contributed by atoms with Crippen molar-refractivity contribution in [3.05, 3.63) is 9.47 Å². The van der Waals surface area contributed by atoms with E-state index in [2.05, 4.69) is 15.5 Å². The lowest BCUT2D eigenvalue weighted by molar-refractivity contribution is 0.0942. The van der Waals surface area contributed by atoms with Crippen LogP contribution in [0.25, 0.3) is 0 Å². The summed E-state index contributed by atoms with van der Waals surface area (Å²) in [5.41, 5.74) is 0. The zero-order valence-electron chi connectivity index (χ0n) is 8.60. The highest BCUT2D eigenvalue weighted by Crippen LogP contribution is 2.14. The summed E-state index contributed by atoms with van der Waals surface area (Å²) in [6.45, 7) is 1.60. The van der Waals surface area contributed by atoms with E-state index in [-0.39, 0.29) is 15.2 Å². The van der Waals surface area contributed by atoms with E-state index >= 15 is 0 Å². The van der Waals surface area contributed by atoms with E-state index in [1.54, 1.807) is 6.92 Å². The number of sulfone groups is 1. The van der Waals surface area contributed by atoms with Gasteiger partial charge in [-0.2, -0.15) is 0 Å². The number of amides is 1. The predicted octanol–water partition coefficient (Wildman–Crippen LogP) is 0.354. The molecule has 1 N–H and O–H groups in total. The molecule has 0 fully saturated rings. The first-order valence-electron chi connectivity index (χ1n) is 4.25. The van der Waals surface area contributed by atoms with E-state index < -0.39 is 21.8 Å². The van der Waals surface area contributed by atoms with Crippen LogP contribution in [0, 0.1) is 0 Å². The van der Waals surface area contributed by atoms with Crippen LogP contribution in [0.1, 0.15) is 16.7 Å². The molecule has 16 heavy (non-hydrogen) atoms. The lowest BCUT2D eigenvalue weighted by Gasteiger charge is -2.10. The highest BCUT2D eigenvalue weighted by molar-refractivity contribution is 7.90. The van der Waals surface area contributed by atoms with Crippen LogP contribution in [-0.2, 0) is 9.84 Å². The summed E-state index contributed by atoms with van der Waals surface area (Å²) in [5.74, 6) is -0.591. The first kappa shape index (κ1) is 13.3. The van der Waals surface area contributed by atoms with Crippen LogP contribution in [0.3, 0.4) is 0 Å². The Morgan fingerprint density at radius 2 is 2.19 bits per heavy atom. The fraction of sp³-hybridized carbons (Fsp3) is 0.571. The first-order valence-corrected chi connectivity index (χ1v) is 7.51. The van der Waals surface area contributed by atoms with Gasteiger partial charge in [-0.05, 0) is 18.5 Å². The Bertz CT molecular complexity index is 485. The zero-order chi connectivity index (χ0) is 12.3. The number of carbonyl (C=O) groups excluding carboxylic acids is 1. The molecule has 0 saturated carbocycles. The van der Waals surface area contributed by atoms with Crippen LogP contribution in [0.4, 0.5) is 0 Å².